The van der Waals surface area contributed by atoms with Gasteiger partial charge in [0, 0.05) is 0 Å². The van der Waals surface area contributed by atoms with Gasteiger partial charge in [0.25, 0.3) is 0 Å². The lowest BCUT2D eigenvalue weighted by Gasteiger charge is -2.15. The van der Waals surface area contributed by atoms with Gasteiger partial charge in [0.1, 0.15) is 17.2 Å². The number of para-hydroxylation sites is 1. The van der Waals surface area contributed by atoms with Crippen LogP contribution in [0.4, 0.5) is 5.69 Å². The van der Waals surface area contributed by atoms with E-state index in [1.54, 1.807) is 0 Å². The fourth-order valence-electron chi connectivity index (χ4n) is 1.68. The fraction of sp³-hybridized carbons (Fsp3) is 0.600. The summed E-state index contributed by atoms with van der Waals surface area (Å²) in [4.78, 5) is 0. The highest BCUT2D eigenvalue weighted by molar-refractivity contribution is 5.62. The topological polar surface area (TPSA) is 44.5 Å². The third kappa shape index (κ3) is 4.86. The normalized spacial score (nSPS) is 11.0. The molecule has 0 aromatic heterocycles. The molecule has 0 bridgehead atoms. The molecular weight excluding hydrogens is 226 g/mol. The second-order valence-corrected chi connectivity index (χ2v) is 5.22. The minimum atomic E-state index is 0.114. The highest BCUT2D eigenvalue weighted by atomic mass is 16.5. The second-order valence-electron chi connectivity index (χ2n) is 5.22. The summed E-state index contributed by atoms with van der Waals surface area (Å²) >= 11 is 0. The van der Waals surface area contributed by atoms with E-state index < -0.39 is 0 Å². The first-order valence-electron chi connectivity index (χ1n) is 6.68. The first kappa shape index (κ1) is 14.7. The number of nitrogen functional groups attached to an aromatic ring is 1. The SMILES string of the molecule is CC(C)CCCOc1cccc(OC(C)C)c1N. The van der Waals surface area contributed by atoms with Crippen molar-refractivity contribution in [1.29, 1.82) is 0 Å². The van der Waals surface area contributed by atoms with Crippen molar-refractivity contribution in [3.63, 3.8) is 0 Å². The molecule has 3 nitrogen and oxygen atoms in total. The van der Waals surface area contributed by atoms with Crippen LogP contribution in [0.25, 0.3) is 0 Å². The monoisotopic (exact) mass is 251 g/mol. The van der Waals surface area contributed by atoms with Gasteiger partial charge < -0.3 is 15.2 Å². The molecule has 0 aliphatic rings. The zero-order chi connectivity index (χ0) is 13.5. The van der Waals surface area contributed by atoms with Crippen molar-refractivity contribution < 1.29 is 9.47 Å². The van der Waals surface area contributed by atoms with Gasteiger partial charge in [-0.2, -0.15) is 0 Å². The number of anilines is 1. The average Bonchev–Trinajstić information content (AvgIpc) is 2.28. The Morgan fingerprint density at radius 1 is 1.11 bits per heavy atom. The maximum Gasteiger partial charge on any atom is 0.146 e. The van der Waals surface area contributed by atoms with Gasteiger partial charge in [0.05, 0.1) is 12.7 Å². The molecule has 0 heterocycles. The van der Waals surface area contributed by atoms with Crippen LogP contribution >= 0.6 is 0 Å². The molecule has 0 atom stereocenters. The third-order valence-corrected chi connectivity index (χ3v) is 2.57. The minimum absolute atomic E-state index is 0.114. The highest BCUT2D eigenvalue weighted by Gasteiger charge is 2.08. The quantitative estimate of drug-likeness (QED) is 0.591. The molecule has 18 heavy (non-hydrogen) atoms. The summed E-state index contributed by atoms with van der Waals surface area (Å²) in [6.45, 7) is 9.09. The van der Waals surface area contributed by atoms with Gasteiger partial charge >= 0.3 is 0 Å². The predicted molar refractivity (Wildman–Crippen MR) is 76.2 cm³/mol. The smallest absolute Gasteiger partial charge is 0.146 e. The molecule has 1 rings (SSSR count). The first-order valence-corrected chi connectivity index (χ1v) is 6.68. The fourth-order valence-corrected chi connectivity index (χ4v) is 1.68. The zero-order valence-corrected chi connectivity index (χ0v) is 11.9. The summed E-state index contributed by atoms with van der Waals surface area (Å²) in [6, 6.07) is 5.67. The predicted octanol–water partition coefficient (Wildman–Crippen LogP) is 3.87. The van der Waals surface area contributed by atoms with Crippen molar-refractivity contribution in [2.45, 2.75) is 46.6 Å². The molecule has 0 saturated heterocycles. The van der Waals surface area contributed by atoms with Crippen LogP contribution in [-0.2, 0) is 0 Å². The van der Waals surface area contributed by atoms with E-state index in [1.165, 1.54) is 6.42 Å². The molecule has 0 saturated carbocycles. The first-order chi connectivity index (χ1) is 8.50. The Bertz CT molecular complexity index is 362. The van der Waals surface area contributed by atoms with Crippen molar-refractivity contribution in [2.24, 2.45) is 5.92 Å². The van der Waals surface area contributed by atoms with E-state index in [9.17, 15) is 0 Å². The minimum Gasteiger partial charge on any atom is -0.491 e. The van der Waals surface area contributed by atoms with Crippen LogP contribution in [0, 0.1) is 5.92 Å². The lowest BCUT2D eigenvalue weighted by molar-refractivity contribution is 0.241. The van der Waals surface area contributed by atoms with Gasteiger partial charge in [0.15, 0.2) is 0 Å². The second kappa shape index (κ2) is 7.14. The van der Waals surface area contributed by atoms with Gasteiger partial charge in [-0.05, 0) is 44.7 Å². The molecule has 0 spiro atoms. The number of ether oxygens (including phenoxy) is 2. The standard InChI is InChI=1S/C15H25NO2/c1-11(2)7-6-10-17-13-8-5-9-14(15(13)16)18-12(3)4/h5,8-9,11-12H,6-7,10,16H2,1-4H3. The van der Waals surface area contributed by atoms with E-state index in [2.05, 4.69) is 13.8 Å². The molecule has 0 radical (unpaired) electrons. The Hall–Kier alpha value is -1.38. The van der Waals surface area contributed by atoms with Gasteiger partial charge in [0.2, 0.25) is 0 Å². The van der Waals surface area contributed by atoms with E-state index >= 15 is 0 Å². The molecule has 102 valence electrons. The molecule has 0 amide bonds. The van der Waals surface area contributed by atoms with Crippen molar-refractivity contribution in [3.8, 4) is 11.5 Å². The maximum absolute atomic E-state index is 6.02. The Morgan fingerprint density at radius 2 is 1.78 bits per heavy atom. The largest absolute Gasteiger partial charge is 0.491 e. The molecule has 2 N–H and O–H groups in total. The van der Waals surface area contributed by atoms with Gasteiger partial charge in [-0.3, -0.25) is 0 Å². The van der Waals surface area contributed by atoms with E-state index in [0.717, 1.165) is 12.2 Å². The van der Waals surface area contributed by atoms with Crippen LogP contribution in [0.2, 0.25) is 0 Å². The van der Waals surface area contributed by atoms with Crippen LogP contribution in [0.5, 0.6) is 11.5 Å². The van der Waals surface area contributed by atoms with Crippen LogP contribution in [-0.4, -0.2) is 12.7 Å². The number of hydrogen-bond acceptors (Lipinski definition) is 3. The Kier molecular flexibility index (Phi) is 5.83. The molecule has 0 fully saturated rings. The Balaban J connectivity index is 2.55. The van der Waals surface area contributed by atoms with Crippen LogP contribution in [0.15, 0.2) is 18.2 Å². The molecule has 1 aromatic rings. The van der Waals surface area contributed by atoms with E-state index in [4.69, 9.17) is 15.2 Å². The lowest BCUT2D eigenvalue weighted by Crippen LogP contribution is -2.08. The summed E-state index contributed by atoms with van der Waals surface area (Å²) in [6.07, 6.45) is 2.33. The van der Waals surface area contributed by atoms with Crippen molar-refractivity contribution >= 4 is 5.69 Å². The number of benzene rings is 1. The van der Waals surface area contributed by atoms with Crippen LogP contribution in [0.1, 0.15) is 40.5 Å². The van der Waals surface area contributed by atoms with Gasteiger partial charge in [-0.15, -0.1) is 0 Å². The summed E-state index contributed by atoms with van der Waals surface area (Å²) < 4.78 is 11.3. The third-order valence-electron chi connectivity index (χ3n) is 2.57. The molecular formula is C15H25NO2. The highest BCUT2D eigenvalue weighted by Crippen LogP contribution is 2.32. The molecule has 0 aliphatic heterocycles. The molecule has 3 heteroatoms. The van der Waals surface area contributed by atoms with Gasteiger partial charge in [-0.1, -0.05) is 19.9 Å². The van der Waals surface area contributed by atoms with Gasteiger partial charge in [-0.25, -0.2) is 0 Å². The molecule has 1 aromatic carbocycles. The molecule has 0 unspecified atom stereocenters. The lowest BCUT2D eigenvalue weighted by atomic mass is 10.1. The molecule has 0 aliphatic carbocycles. The van der Waals surface area contributed by atoms with Crippen LogP contribution < -0.4 is 15.2 Å². The zero-order valence-electron chi connectivity index (χ0n) is 11.9. The number of nitrogens with two attached hydrogens (primary N) is 1. The summed E-state index contributed by atoms with van der Waals surface area (Å²) in [5.74, 6) is 2.13. The number of hydrogen-bond donors (Lipinski definition) is 1. The summed E-state index contributed by atoms with van der Waals surface area (Å²) in [7, 11) is 0. The summed E-state index contributed by atoms with van der Waals surface area (Å²) in [5, 5.41) is 0. The van der Waals surface area contributed by atoms with E-state index in [1.807, 2.05) is 32.0 Å². The van der Waals surface area contributed by atoms with Crippen molar-refractivity contribution in [3.05, 3.63) is 18.2 Å². The summed E-state index contributed by atoms with van der Waals surface area (Å²) in [5.41, 5.74) is 6.62. The van der Waals surface area contributed by atoms with Crippen LogP contribution in [0.3, 0.4) is 0 Å². The van der Waals surface area contributed by atoms with Crippen molar-refractivity contribution in [1.82, 2.24) is 0 Å². The van der Waals surface area contributed by atoms with E-state index in [0.29, 0.717) is 24.0 Å². The van der Waals surface area contributed by atoms with E-state index in [-0.39, 0.29) is 6.10 Å². The Labute approximate surface area is 110 Å². The van der Waals surface area contributed by atoms with Crippen molar-refractivity contribution in [2.75, 3.05) is 12.3 Å². The average molecular weight is 251 g/mol. The number of rotatable bonds is 7. The maximum atomic E-state index is 6.02. The Morgan fingerprint density at radius 3 is 2.39 bits per heavy atom.